The molecule has 0 aromatic heterocycles. The van der Waals surface area contributed by atoms with Crippen LogP contribution in [0.4, 0.5) is 0 Å². The minimum Gasteiger partial charge on any atom is -0.493 e. The van der Waals surface area contributed by atoms with Crippen LogP contribution < -0.4 is 20.2 Å². The van der Waals surface area contributed by atoms with E-state index in [-0.39, 0.29) is 28.6 Å². The summed E-state index contributed by atoms with van der Waals surface area (Å²) >= 11 is 11.8. The van der Waals surface area contributed by atoms with Gasteiger partial charge in [0, 0.05) is 10.6 Å². The first-order valence-corrected chi connectivity index (χ1v) is 10.6. The molecule has 0 atom stereocenters. The van der Waals surface area contributed by atoms with Crippen LogP contribution in [0.5, 0.6) is 11.5 Å². The molecule has 0 fully saturated rings. The highest BCUT2D eigenvalue weighted by Gasteiger charge is 2.15. The van der Waals surface area contributed by atoms with Crippen LogP contribution in [0, 0.1) is 0 Å². The number of carbonyl (C=O) groups excluding carboxylic acids is 3. The second-order valence-corrected chi connectivity index (χ2v) is 7.61. The van der Waals surface area contributed by atoms with Gasteiger partial charge in [-0.15, -0.1) is 0 Å². The van der Waals surface area contributed by atoms with Crippen molar-refractivity contribution < 1.29 is 23.9 Å². The molecular weight excluding hydrogens is 481 g/mol. The molecule has 3 aromatic carbocycles. The lowest BCUT2D eigenvalue weighted by Crippen LogP contribution is -2.34. The molecule has 0 unspecified atom stereocenters. The number of hydrazone groups is 1. The number of rotatable bonds is 8. The fourth-order valence-corrected chi connectivity index (χ4v) is 3.05. The van der Waals surface area contributed by atoms with Crippen LogP contribution in [0.15, 0.2) is 71.8 Å². The maximum absolute atomic E-state index is 12.4. The number of hydrogen-bond acceptors (Lipinski definition) is 6. The highest BCUT2D eigenvalue weighted by molar-refractivity contribution is 6.33. The van der Waals surface area contributed by atoms with Gasteiger partial charge in [0.1, 0.15) is 0 Å². The van der Waals surface area contributed by atoms with Crippen LogP contribution in [0.2, 0.25) is 10.0 Å². The highest BCUT2D eigenvalue weighted by atomic mass is 35.5. The molecule has 0 spiro atoms. The summed E-state index contributed by atoms with van der Waals surface area (Å²) in [7, 11) is 1.42. The quantitative estimate of drug-likeness (QED) is 0.210. The van der Waals surface area contributed by atoms with E-state index in [9.17, 15) is 14.4 Å². The lowest BCUT2D eigenvalue weighted by molar-refractivity contribution is -0.120. The first kappa shape index (κ1) is 24.8. The fourth-order valence-electron chi connectivity index (χ4n) is 2.71. The van der Waals surface area contributed by atoms with Gasteiger partial charge in [-0.2, -0.15) is 5.10 Å². The number of amides is 2. The molecule has 0 saturated carbocycles. The molecule has 0 aliphatic rings. The summed E-state index contributed by atoms with van der Waals surface area (Å²) in [6, 6.07) is 17.5. The molecule has 10 heteroatoms. The molecular formula is C24H19Cl2N3O5. The number of nitrogens with one attached hydrogen (secondary N) is 2. The van der Waals surface area contributed by atoms with Crippen molar-refractivity contribution in [2.24, 2.45) is 5.10 Å². The van der Waals surface area contributed by atoms with Gasteiger partial charge in [0.25, 0.3) is 11.8 Å². The second kappa shape index (κ2) is 11.8. The molecule has 2 amide bonds. The molecule has 8 nitrogen and oxygen atoms in total. The number of methoxy groups -OCH3 is 1. The molecule has 0 heterocycles. The number of nitrogens with zero attached hydrogens (tertiary/aromatic N) is 1. The first-order chi connectivity index (χ1) is 16.4. The molecule has 0 bridgehead atoms. The molecule has 0 aliphatic heterocycles. The summed E-state index contributed by atoms with van der Waals surface area (Å²) in [6.07, 6.45) is 1.38. The Hall–Kier alpha value is -3.88. The van der Waals surface area contributed by atoms with Gasteiger partial charge in [-0.25, -0.2) is 10.2 Å². The minimum absolute atomic E-state index is 0.193. The predicted octanol–water partition coefficient (Wildman–Crippen LogP) is 4.10. The molecule has 0 aliphatic carbocycles. The number of hydrogen-bond donors (Lipinski definition) is 2. The van der Waals surface area contributed by atoms with Crippen LogP contribution in [-0.4, -0.2) is 37.7 Å². The van der Waals surface area contributed by atoms with Gasteiger partial charge in [0.15, 0.2) is 11.5 Å². The van der Waals surface area contributed by atoms with E-state index in [1.807, 2.05) is 0 Å². The van der Waals surface area contributed by atoms with E-state index >= 15 is 0 Å². The topological polar surface area (TPSA) is 106 Å². The largest absolute Gasteiger partial charge is 0.493 e. The standard InChI is InChI=1S/C24H19Cl2N3O5/c1-33-21-12-15(6-11-20(21)34-24(32)18-4-2-3-5-19(18)26)13-28-29-22(30)14-27-23(31)16-7-9-17(25)10-8-16/h2-13H,14H2,1H3,(H,27,31)(H,29,30)/b28-13+. The summed E-state index contributed by atoms with van der Waals surface area (Å²) in [5.41, 5.74) is 3.48. The van der Waals surface area contributed by atoms with Gasteiger partial charge in [-0.05, 0) is 60.2 Å². The third-order valence-corrected chi connectivity index (χ3v) is 4.98. The molecule has 3 aromatic rings. The lowest BCUT2D eigenvalue weighted by Gasteiger charge is -2.10. The highest BCUT2D eigenvalue weighted by Crippen LogP contribution is 2.29. The van der Waals surface area contributed by atoms with Crippen molar-refractivity contribution in [3.05, 3.63) is 93.5 Å². The maximum Gasteiger partial charge on any atom is 0.345 e. The minimum atomic E-state index is -0.627. The van der Waals surface area contributed by atoms with E-state index in [2.05, 4.69) is 15.8 Å². The van der Waals surface area contributed by atoms with E-state index in [4.69, 9.17) is 32.7 Å². The Morgan fingerprint density at radius 2 is 1.71 bits per heavy atom. The summed E-state index contributed by atoms with van der Waals surface area (Å²) in [5, 5.41) is 7.12. The number of ether oxygens (including phenoxy) is 2. The predicted molar refractivity (Wildman–Crippen MR) is 129 cm³/mol. The number of carbonyl (C=O) groups is 3. The van der Waals surface area contributed by atoms with E-state index in [0.717, 1.165) is 0 Å². The number of esters is 1. The Morgan fingerprint density at radius 3 is 2.41 bits per heavy atom. The van der Waals surface area contributed by atoms with Crippen molar-refractivity contribution in [1.29, 1.82) is 0 Å². The fraction of sp³-hybridized carbons (Fsp3) is 0.0833. The summed E-state index contributed by atoms with van der Waals surface area (Å²) < 4.78 is 10.7. The van der Waals surface area contributed by atoms with E-state index in [0.29, 0.717) is 16.1 Å². The Kier molecular flexibility index (Phi) is 8.61. The van der Waals surface area contributed by atoms with Gasteiger partial charge in [-0.3, -0.25) is 9.59 Å². The van der Waals surface area contributed by atoms with Crippen LogP contribution in [-0.2, 0) is 4.79 Å². The zero-order chi connectivity index (χ0) is 24.5. The van der Waals surface area contributed by atoms with Crippen LogP contribution in [0.3, 0.4) is 0 Å². The molecule has 0 saturated heterocycles. The number of halogens is 2. The van der Waals surface area contributed by atoms with Crippen molar-refractivity contribution in [1.82, 2.24) is 10.7 Å². The summed E-state index contributed by atoms with van der Waals surface area (Å²) in [4.78, 5) is 36.3. The SMILES string of the molecule is COc1cc(/C=N/NC(=O)CNC(=O)c2ccc(Cl)cc2)ccc1OC(=O)c1ccccc1Cl. The zero-order valence-corrected chi connectivity index (χ0v) is 19.4. The summed E-state index contributed by atoms with van der Waals surface area (Å²) in [6.45, 7) is -0.265. The Bertz CT molecular complexity index is 1230. The smallest absolute Gasteiger partial charge is 0.345 e. The molecule has 174 valence electrons. The lowest BCUT2D eigenvalue weighted by atomic mass is 10.2. The third kappa shape index (κ3) is 6.81. The normalized spacial score (nSPS) is 10.6. The van der Waals surface area contributed by atoms with E-state index < -0.39 is 17.8 Å². The van der Waals surface area contributed by atoms with Crippen molar-refractivity contribution in [3.63, 3.8) is 0 Å². The van der Waals surface area contributed by atoms with E-state index in [1.165, 1.54) is 19.4 Å². The van der Waals surface area contributed by atoms with Gasteiger partial charge in [-0.1, -0.05) is 35.3 Å². The maximum atomic E-state index is 12.4. The molecule has 2 N–H and O–H groups in total. The van der Waals surface area contributed by atoms with Gasteiger partial charge in [0.2, 0.25) is 0 Å². The van der Waals surface area contributed by atoms with Crippen molar-refractivity contribution >= 4 is 47.2 Å². The van der Waals surface area contributed by atoms with Crippen molar-refractivity contribution in [2.45, 2.75) is 0 Å². The third-order valence-electron chi connectivity index (χ3n) is 4.40. The monoisotopic (exact) mass is 499 g/mol. The number of benzene rings is 3. The van der Waals surface area contributed by atoms with E-state index in [1.54, 1.807) is 60.7 Å². The van der Waals surface area contributed by atoms with Gasteiger partial charge < -0.3 is 14.8 Å². The average Bonchev–Trinajstić information content (AvgIpc) is 2.84. The van der Waals surface area contributed by atoms with Crippen molar-refractivity contribution in [3.8, 4) is 11.5 Å². The molecule has 34 heavy (non-hydrogen) atoms. The van der Waals surface area contributed by atoms with Crippen LogP contribution in [0.25, 0.3) is 0 Å². The van der Waals surface area contributed by atoms with Crippen LogP contribution in [0.1, 0.15) is 26.3 Å². The first-order valence-electron chi connectivity index (χ1n) is 9.88. The van der Waals surface area contributed by atoms with Crippen LogP contribution >= 0.6 is 23.2 Å². The zero-order valence-electron chi connectivity index (χ0n) is 17.9. The van der Waals surface area contributed by atoms with Gasteiger partial charge in [0.05, 0.1) is 30.5 Å². The molecule has 0 radical (unpaired) electrons. The Labute approximate surface area is 205 Å². The van der Waals surface area contributed by atoms with Gasteiger partial charge >= 0.3 is 5.97 Å². The Morgan fingerprint density at radius 1 is 0.971 bits per heavy atom. The second-order valence-electron chi connectivity index (χ2n) is 6.76. The summed E-state index contributed by atoms with van der Waals surface area (Å²) in [5.74, 6) is -1.08. The average molecular weight is 500 g/mol. The van der Waals surface area contributed by atoms with Crippen molar-refractivity contribution in [2.75, 3.05) is 13.7 Å². The molecule has 3 rings (SSSR count). The Balaban J connectivity index is 1.55.